The molecule has 0 saturated heterocycles. The zero-order valence-electron chi connectivity index (χ0n) is 14.1. The van der Waals surface area contributed by atoms with E-state index in [1.54, 1.807) is 0 Å². The number of rotatable bonds is 10. The molecular formula is C15H28N2O5S. The summed E-state index contributed by atoms with van der Waals surface area (Å²) in [5, 5.41) is 22.0. The zero-order chi connectivity index (χ0) is 18.2. The van der Waals surface area contributed by atoms with Crippen molar-refractivity contribution in [3.05, 3.63) is 0 Å². The molecule has 0 spiro atoms. The van der Waals surface area contributed by atoms with Crippen LogP contribution in [-0.4, -0.2) is 51.9 Å². The Morgan fingerprint density at radius 2 is 1.61 bits per heavy atom. The lowest BCUT2D eigenvalue weighted by atomic mass is 10.0. The fraction of sp³-hybridized carbons (Fsp3) is 0.800. The predicted molar refractivity (Wildman–Crippen MR) is 90.3 cm³/mol. The maximum absolute atomic E-state index is 12.2. The van der Waals surface area contributed by atoms with Gasteiger partial charge in [-0.2, -0.15) is 12.6 Å². The molecule has 8 heteroatoms. The second-order valence-corrected chi connectivity index (χ2v) is 6.95. The van der Waals surface area contributed by atoms with E-state index in [1.165, 1.54) is 0 Å². The van der Waals surface area contributed by atoms with Crippen LogP contribution in [0.5, 0.6) is 0 Å². The number of carboxylic acids is 1. The molecule has 4 N–H and O–H groups in total. The Balaban J connectivity index is 4.74. The van der Waals surface area contributed by atoms with E-state index in [4.69, 9.17) is 5.11 Å². The van der Waals surface area contributed by atoms with Crippen LogP contribution in [0.1, 0.15) is 40.5 Å². The Bertz CT molecular complexity index is 415. The van der Waals surface area contributed by atoms with Gasteiger partial charge in [0.15, 0.2) is 6.10 Å². The Morgan fingerprint density at radius 3 is 2.04 bits per heavy atom. The van der Waals surface area contributed by atoms with Crippen LogP contribution in [0, 0.1) is 11.8 Å². The van der Waals surface area contributed by atoms with E-state index in [-0.39, 0.29) is 11.8 Å². The molecule has 0 aromatic heterocycles. The van der Waals surface area contributed by atoms with Gasteiger partial charge in [0.1, 0.15) is 11.3 Å². The van der Waals surface area contributed by atoms with Crippen LogP contribution in [0.2, 0.25) is 0 Å². The minimum atomic E-state index is -1.83. The molecule has 0 saturated carbocycles. The second kappa shape index (κ2) is 10.5. The second-order valence-electron chi connectivity index (χ2n) is 6.39. The smallest absolute Gasteiger partial charge is 0.319 e. The van der Waals surface area contributed by atoms with Gasteiger partial charge in [0.25, 0.3) is 5.91 Å². The average molecular weight is 348 g/mol. The van der Waals surface area contributed by atoms with Crippen LogP contribution in [0.25, 0.3) is 0 Å². The molecule has 0 rings (SSSR count). The van der Waals surface area contributed by atoms with E-state index in [1.807, 2.05) is 27.7 Å². The summed E-state index contributed by atoms with van der Waals surface area (Å²) in [6.07, 6.45) is -0.626. The molecule has 0 aliphatic rings. The predicted octanol–water partition coefficient (Wildman–Crippen LogP) is 0.424. The third-order valence-electron chi connectivity index (χ3n) is 3.18. The van der Waals surface area contributed by atoms with Crippen molar-refractivity contribution in [2.45, 2.75) is 57.9 Å². The molecule has 0 aliphatic heterocycles. The molecule has 0 radical (unpaired) electrons. The Hall–Kier alpha value is -1.28. The first-order valence-electron chi connectivity index (χ1n) is 7.73. The van der Waals surface area contributed by atoms with Crippen molar-refractivity contribution >= 4 is 30.4 Å². The van der Waals surface area contributed by atoms with Gasteiger partial charge in [-0.05, 0) is 24.7 Å². The lowest BCUT2D eigenvalue weighted by Gasteiger charge is -2.22. The Morgan fingerprint density at radius 1 is 1.04 bits per heavy atom. The number of hydrogen-bond donors (Lipinski definition) is 5. The van der Waals surface area contributed by atoms with Crippen LogP contribution in [0.15, 0.2) is 0 Å². The van der Waals surface area contributed by atoms with Gasteiger partial charge < -0.3 is 20.8 Å². The first-order valence-corrected chi connectivity index (χ1v) is 8.24. The van der Waals surface area contributed by atoms with Crippen LogP contribution < -0.4 is 10.6 Å². The fourth-order valence-electron chi connectivity index (χ4n) is 1.85. The van der Waals surface area contributed by atoms with Crippen LogP contribution in [-0.2, 0) is 14.4 Å². The number of aliphatic hydroxyl groups excluding tert-OH is 1. The molecule has 3 atom stereocenters. The average Bonchev–Trinajstić information content (AvgIpc) is 2.43. The van der Waals surface area contributed by atoms with Gasteiger partial charge in [-0.1, -0.05) is 27.7 Å². The van der Waals surface area contributed by atoms with Crippen molar-refractivity contribution in [1.82, 2.24) is 10.6 Å². The quantitative estimate of drug-likeness (QED) is 0.367. The highest BCUT2D eigenvalue weighted by molar-refractivity contribution is 7.81. The first-order chi connectivity index (χ1) is 10.6. The van der Waals surface area contributed by atoms with Crippen molar-refractivity contribution < 1.29 is 24.6 Å². The highest BCUT2D eigenvalue weighted by Gasteiger charge is 2.31. The number of carbonyl (C=O) groups is 3. The number of aliphatic carboxylic acids is 1. The summed E-state index contributed by atoms with van der Waals surface area (Å²) in [5.41, 5.74) is 0. The number of hydrogen-bond acceptors (Lipinski definition) is 5. The molecule has 23 heavy (non-hydrogen) atoms. The summed E-state index contributed by atoms with van der Waals surface area (Å²) >= 11 is 3.67. The van der Waals surface area contributed by atoms with E-state index >= 15 is 0 Å². The van der Waals surface area contributed by atoms with Gasteiger partial charge in [0.05, 0.1) is 0 Å². The molecule has 0 aromatic rings. The standard InChI is InChI=1S/C15H28N2O5S/c1-8(2)5-6-16-13(19)10(7-9(3)4)17-14(20)11(18)12(23)15(21)22/h8-12,18,23H,5-7H2,1-4H3,(H,16,19)(H,17,20)(H,21,22)/t10-,11-,12+/m0/s1. The van der Waals surface area contributed by atoms with Crippen molar-refractivity contribution in [1.29, 1.82) is 0 Å². The Labute approximate surface area is 142 Å². The number of amides is 2. The van der Waals surface area contributed by atoms with E-state index in [9.17, 15) is 19.5 Å². The third kappa shape index (κ3) is 8.80. The maximum atomic E-state index is 12.2. The fourth-order valence-corrected chi connectivity index (χ4v) is 1.98. The molecule has 2 amide bonds. The van der Waals surface area contributed by atoms with Crippen molar-refractivity contribution in [3.8, 4) is 0 Å². The van der Waals surface area contributed by atoms with E-state index in [0.29, 0.717) is 18.9 Å². The number of nitrogens with one attached hydrogen (secondary N) is 2. The molecule has 0 heterocycles. The van der Waals surface area contributed by atoms with Crippen molar-refractivity contribution in [2.24, 2.45) is 11.8 Å². The van der Waals surface area contributed by atoms with Crippen LogP contribution in [0.3, 0.4) is 0 Å². The molecule has 7 nitrogen and oxygen atoms in total. The summed E-state index contributed by atoms with van der Waals surface area (Å²) < 4.78 is 0. The van der Waals surface area contributed by atoms with E-state index < -0.39 is 29.3 Å². The molecule has 134 valence electrons. The third-order valence-corrected chi connectivity index (χ3v) is 3.69. The number of carboxylic acid groups (broad SMARTS) is 1. The van der Waals surface area contributed by atoms with E-state index in [0.717, 1.165) is 6.42 Å². The molecular weight excluding hydrogens is 320 g/mol. The molecule has 0 aliphatic carbocycles. The molecule has 0 bridgehead atoms. The number of aliphatic hydroxyl groups is 1. The highest BCUT2D eigenvalue weighted by atomic mass is 32.1. The van der Waals surface area contributed by atoms with Crippen LogP contribution in [0.4, 0.5) is 0 Å². The van der Waals surface area contributed by atoms with Crippen LogP contribution >= 0.6 is 12.6 Å². The maximum Gasteiger partial charge on any atom is 0.319 e. The molecule has 0 fully saturated rings. The van der Waals surface area contributed by atoms with Gasteiger partial charge in [-0.3, -0.25) is 14.4 Å². The summed E-state index contributed by atoms with van der Waals surface area (Å²) in [6, 6.07) is -0.821. The monoisotopic (exact) mass is 348 g/mol. The molecule has 0 aromatic carbocycles. The summed E-state index contributed by atoms with van der Waals surface area (Å²) in [6.45, 7) is 8.36. The normalized spacial score (nSPS) is 15.1. The van der Waals surface area contributed by atoms with Gasteiger partial charge in [0, 0.05) is 6.54 Å². The van der Waals surface area contributed by atoms with Gasteiger partial charge in [0.2, 0.25) is 5.91 Å². The summed E-state index contributed by atoms with van der Waals surface area (Å²) in [5.74, 6) is -2.09. The zero-order valence-corrected chi connectivity index (χ0v) is 15.0. The molecule has 0 unspecified atom stereocenters. The topological polar surface area (TPSA) is 116 Å². The SMILES string of the molecule is CC(C)CCNC(=O)[C@H](CC(C)C)NC(=O)[C@@H](O)[C@@H](S)C(=O)O. The van der Waals surface area contributed by atoms with Gasteiger partial charge in [-0.25, -0.2) is 0 Å². The number of thiol groups is 1. The highest BCUT2D eigenvalue weighted by Crippen LogP contribution is 2.08. The lowest BCUT2D eigenvalue weighted by molar-refractivity contribution is -0.143. The minimum absolute atomic E-state index is 0.138. The van der Waals surface area contributed by atoms with Crippen molar-refractivity contribution in [3.63, 3.8) is 0 Å². The van der Waals surface area contributed by atoms with Gasteiger partial charge >= 0.3 is 5.97 Å². The lowest BCUT2D eigenvalue weighted by Crippen LogP contribution is -2.52. The van der Waals surface area contributed by atoms with E-state index in [2.05, 4.69) is 23.3 Å². The number of carbonyl (C=O) groups excluding carboxylic acids is 2. The largest absolute Gasteiger partial charge is 0.480 e. The minimum Gasteiger partial charge on any atom is -0.480 e. The Kier molecular flexibility index (Phi) is 9.90. The van der Waals surface area contributed by atoms with Crippen molar-refractivity contribution in [2.75, 3.05) is 6.54 Å². The summed E-state index contributed by atoms with van der Waals surface area (Å²) in [7, 11) is 0. The van der Waals surface area contributed by atoms with Gasteiger partial charge in [-0.15, -0.1) is 0 Å². The first kappa shape index (κ1) is 21.7. The summed E-state index contributed by atoms with van der Waals surface area (Å²) in [4.78, 5) is 34.8.